The number of rotatable bonds is 4. The van der Waals surface area contributed by atoms with Crippen LogP contribution in [0.5, 0.6) is 0 Å². The lowest BCUT2D eigenvalue weighted by atomic mass is 10.1. The minimum atomic E-state index is -0.377. The van der Waals surface area contributed by atoms with Crippen molar-refractivity contribution >= 4 is 5.91 Å². The van der Waals surface area contributed by atoms with E-state index in [0.29, 0.717) is 5.82 Å². The van der Waals surface area contributed by atoms with E-state index >= 15 is 0 Å². The van der Waals surface area contributed by atoms with Gasteiger partial charge in [-0.3, -0.25) is 9.69 Å². The molecule has 2 aliphatic rings. The SMILES string of the molecule is CN1CCCCCC1c1nc(CC(N)=O)nn1C1Cc2ccccc2C1. The average Bonchev–Trinajstić information content (AvgIpc) is 3.14. The molecule has 1 saturated heterocycles. The van der Waals surface area contributed by atoms with Gasteiger partial charge in [-0.05, 0) is 50.4 Å². The first-order valence-electron chi connectivity index (χ1n) is 9.62. The predicted octanol–water partition coefficient (Wildman–Crippen LogP) is 2.19. The van der Waals surface area contributed by atoms with Crippen molar-refractivity contribution in [1.82, 2.24) is 19.7 Å². The molecule has 1 unspecified atom stereocenters. The molecule has 1 amide bonds. The Morgan fingerprint density at radius 2 is 1.92 bits per heavy atom. The Kier molecular flexibility index (Phi) is 4.76. The van der Waals surface area contributed by atoms with Crippen molar-refractivity contribution < 1.29 is 4.79 Å². The number of nitrogens with two attached hydrogens (primary N) is 1. The van der Waals surface area contributed by atoms with E-state index in [0.717, 1.165) is 31.6 Å². The highest BCUT2D eigenvalue weighted by molar-refractivity contribution is 5.75. The molecule has 1 aliphatic carbocycles. The van der Waals surface area contributed by atoms with Crippen LogP contribution < -0.4 is 5.73 Å². The number of carbonyl (C=O) groups is 1. The maximum atomic E-state index is 11.4. The number of primary amides is 1. The minimum absolute atomic E-state index is 0.107. The Hall–Kier alpha value is -2.21. The van der Waals surface area contributed by atoms with E-state index in [9.17, 15) is 4.79 Å². The summed E-state index contributed by atoms with van der Waals surface area (Å²) in [6.45, 7) is 1.08. The Bertz CT molecular complexity index is 774. The van der Waals surface area contributed by atoms with Gasteiger partial charge >= 0.3 is 0 Å². The van der Waals surface area contributed by atoms with Crippen LogP contribution >= 0.6 is 0 Å². The molecule has 2 heterocycles. The van der Waals surface area contributed by atoms with Crippen LogP contribution in [0.15, 0.2) is 24.3 Å². The van der Waals surface area contributed by atoms with Crippen molar-refractivity contribution in [3.8, 4) is 0 Å². The predicted molar refractivity (Wildman–Crippen MR) is 99.6 cm³/mol. The Morgan fingerprint density at radius 3 is 2.62 bits per heavy atom. The zero-order chi connectivity index (χ0) is 18.1. The fourth-order valence-electron chi connectivity index (χ4n) is 4.39. The van der Waals surface area contributed by atoms with Gasteiger partial charge in [0.25, 0.3) is 0 Å². The summed E-state index contributed by atoms with van der Waals surface area (Å²) in [5, 5.41) is 4.73. The lowest BCUT2D eigenvalue weighted by Gasteiger charge is -2.26. The molecule has 1 fully saturated rings. The quantitative estimate of drug-likeness (QED) is 0.914. The molecule has 1 aliphatic heterocycles. The summed E-state index contributed by atoms with van der Waals surface area (Å²) in [7, 11) is 2.17. The van der Waals surface area contributed by atoms with Gasteiger partial charge < -0.3 is 5.73 Å². The minimum Gasteiger partial charge on any atom is -0.369 e. The number of hydrogen-bond donors (Lipinski definition) is 1. The third-order valence-electron chi connectivity index (χ3n) is 5.73. The fourth-order valence-corrected chi connectivity index (χ4v) is 4.39. The van der Waals surface area contributed by atoms with Crippen molar-refractivity contribution in [3.63, 3.8) is 0 Å². The van der Waals surface area contributed by atoms with E-state index < -0.39 is 0 Å². The van der Waals surface area contributed by atoms with Crippen LogP contribution in [0, 0.1) is 0 Å². The average molecular weight is 353 g/mol. The second-order valence-electron chi connectivity index (χ2n) is 7.65. The van der Waals surface area contributed by atoms with Gasteiger partial charge in [0.15, 0.2) is 5.82 Å². The lowest BCUT2D eigenvalue weighted by molar-refractivity contribution is -0.117. The molecule has 0 spiro atoms. The maximum Gasteiger partial charge on any atom is 0.225 e. The van der Waals surface area contributed by atoms with Gasteiger partial charge in [0.2, 0.25) is 5.91 Å². The first-order valence-corrected chi connectivity index (χ1v) is 9.62. The zero-order valence-corrected chi connectivity index (χ0v) is 15.4. The molecule has 0 bridgehead atoms. The van der Waals surface area contributed by atoms with E-state index in [1.165, 1.54) is 30.4 Å². The van der Waals surface area contributed by atoms with Crippen molar-refractivity contribution in [2.75, 3.05) is 13.6 Å². The Balaban J connectivity index is 1.68. The van der Waals surface area contributed by atoms with Gasteiger partial charge in [-0.15, -0.1) is 0 Å². The van der Waals surface area contributed by atoms with Crippen LogP contribution in [0.1, 0.15) is 60.5 Å². The van der Waals surface area contributed by atoms with E-state index in [2.05, 4.69) is 40.9 Å². The molecule has 6 heteroatoms. The molecule has 1 aromatic heterocycles. The van der Waals surface area contributed by atoms with Crippen LogP contribution in [-0.4, -0.2) is 39.2 Å². The largest absolute Gasteiger partial charge is 0.369 e. The normalized spacial score (nSPS) is 21.5. The molecule has 2 aromatic rings. The van der Waals surface area contributed by atoms with E-state index in [1.807, 2.05) is 0 Å². The number of benzene rings is 1. The van der Waals surface area contributed by atoms with Crippen LogP contribution in [-0.2, 0) is 24.1 Å². The summed E-state index contributed by atoms with van der Waals surface area (Å²) in [6, 6.07) is 9.13. The van der Waals surface area contributed by atoms with E-state index in [4.69, 9.17) is 15.8 Å². The van der Waals surface area contributed by atoms with E-state index in [-0.39, 0.29) is 24.4 Å². The van der Waals surface area contributed by atoms with Crippen LogP contribution in [0.25, 0.3) is 0 Å². The molecule has 6 nitrogen and oxygen atoms in total. The summed E-state index contributed by atoms with van der Waals surface area (Å²) < 4.78 is 2.10. The molecular formula is C20H27N5O. The summed E-state index contributed by atoms with van der Waals surface area (Å²) in [6.07, 6.45) is 6.83. The highest BCUT2D eigenvalue weighted by Crippen LogP contribution is 2.34. The number of amides is 1. The second kappa shape index (κ2) is 7.19. The van der Waals surface area contributed by atoms with Crippen molar-refractivity contribution in [3.05, 3.63) is 47.0 Å². The molecule has 1 atom stereocenters. The molecule has 0 radical (unpaired) electrons. The highest BCUT2D eigenvalue weighted by atomic mass is 16.1. The highest BCUT2D eigenvalue weighted by Gasteiger charge is 2.31. The number of fused-ring (bicyclic) bond motifs is 1. The smallest absolute Gasteiger partial charge is 0.225 e. The lowest BCUT2D eigenvalue weighted by Crippen LogP contribution is -2.28. The van der Waals surface area contributed by atoms with Gasteiger partial charge in [0.1, 0.15) is 5.82 Å². The first kappa shape index (κ1) is 17.2. The van der Waals surface area contributed by atoms with Gasteiger partial charge in [0.05, 0.1) is 18.5 Å². The fraction of sp³-hybridized carbons (Fsp3) is 0.550. The molecule has 26 heavy (non-hydrogen) atoms. The van der Waals surface area contributed by atoms with Gasteiger partial charge in [-0.25, -0.2) is 9.67 Å². The van der Waals surface area contributed by atoms with Crippen LogP contribution in [0.4, 0.5) is 0 Å². The monoisotopic (exact) mass is 353 g/mol. The number of carbonyl (C=O) groups excluding carboxylic acids is 1. The summed E-state index contributed by atoms with van der Waals surface area (Å²) in [5.74, 6) is 1.18. The van der Waals surface area contributed by atoms with Crippen LogP contribution in [0.2, 0.25) is 0 Å². The van der Waals surface area contributed by atoms with Gasteiger partial charge in [-0.1, -0.05) is 37.1 Å². The molecule has 4 rings (SSSR count). The molecule has 138 valence electrons. The zero-order valence-electron chi connectivity index (χ0n) is 15.4. The Morgan fingerprint density at radius 1 is 1.19 bits per heavy atom. The third-order valence-corrected chi connectivity index (χ3v) is 5.73. The van der Waals surface area contributed by atoms with Crippen molar-refractivity contribution in [2.24, 2.45) is 5.73 Å². The Labute approximate surface area is 154 Å². The third kappa shape index (κ3) is 3.38. The number of likely N-dealkylation sites (tertiary alicyclic amines) is 1. The summed E-state index contributed by atoms with van der Waals surface area (Å²) in [4.78, 5) is 18.6. The number of aromatic nitrogens is 3. The molecule has 0 saturated carbocycles. The van der Waals surface area contributed by atoms with Gasteiger partial charge in [-0.2, -0.15) is 5.10 Å². The molecule has 2 N–H and O–H groups in total. The number of nitrogens with zero attached hydrogens (tertiary/aromatic N) is 4. The topological polar surface area (TPSA) is 77.0 Å². The van der Waals surface area contributed by atoms with Crippen molar-refractivity contribution in [1.29, 1.82) is 0 Å². The second-order valence-corrected chi connectivity index (χ2v) is 7.65. The standard InChI is InChI=1S/C20H27N5O/c1-24-10-6-2-3-9-17(24)20-22-19(13-18(21)26)23-25(20)16-11-14-7-4-5-8-15(14)12-16/h4-5,7-8,16-17H,2-3,6,9-13H2,1H3,(H2,21,26). The first-order chi connectivity index (χ1) is 12.6. The van der Waals surface area contributed by atoms with Crippen LogP contribution in [0.3, 0.4) is 0 Å². The summed E-state index contributed by atoms with van der Waals surface area (Å²) >= 11 is 0. The number of hydrogen-bond acceptors (Lipinski definition) is 4. The maximum absolute atomic E-state index is 11.4. The van der Waals surface area contributed by atoms with Gasteiger partial charge in [0, 0.05) is 0 Å². The molecule has 1 aromatic carbocycles. The molecular weight excluding hydrogens is 326 g/mol. The van der Waals surface area contributed by atoms with E-state index in [1.54, 1.807) is 0 Å². The van der Waals surface area contributed by atoms with Crippen molar-refractivity contribution in [2.45, 2.75) is 57.0 Å². The summed E-state index contributed by atoms with van der Waals surface area (Å²) in [5.41, 5.74) is 8.18.